The number of piperazine rings is 1. The second-order valence-corrected chi connectivity index (χ2v) is 6.59. The van der Waals surface area contributed by atoms with Gasteiger partial charge in [0.15, 0.2) is 5.96 Å². The van der Waals surface area contributed by atoms with Crippen molar-refractivity contribution in [3.05, 3.63) is 25.0 Å². The molecule has 2 rings (SSSR count). The summed E-state index contributed by atoms with van der Waals surface area (Å²) in [7, 11) is 1.85. The average molecular weight is 350 g/mol. The molecule has 0 radical (unpaired) electrons. The standard InChI is InChI=1S/C16H26N6OS/c1-4-9-24-10-6-18-16(17-5-2)21-7-8-22(15(23)13-21)14-11-19-20(3)12-14/h4,11-12H,1,5-10,13H2,2-3H3,(H,17,18). The molecule has 24 heavy (non-hydrogen) atoms. The number of anilines is 1. The number of nitrogens with zero attached hydrogens (tertiary/aromatic N) is 5. The number of amides is 1. The summed E-state index contributed by atoms with van der Waals surface area (Å²) in [4.78, 5) is 20.9. The second-order valence-electron chi connectivity index (χ2n) is 5.44. The Labute approximate surface area is 147 Å². The molecule has 1 amide bonds. The van der Waals surface area contributed by atoms with Gasteiger partial charge in [-0.15, -0.1) is 6.58 Å². The quantitative estimate of drug-likeness (QED) is 0.343. The van der Waals surface area contributed by atoms with Crippen molar-refractivity contribution in [1.82, 2.24) is 20.0 Å². The van der Waals surface area contributed by atoms with E-state index in [2.05, 4.69) is 22.0 Å². The largest absolute Gasteiger partial charge is 0.357 e. The molecule has 132 valence electrons. The van der Waals surface area contributed by atoms with Gasteiger partial charge in [0.25, 0.3) is 0 Å². The second kappa shape index (κ2) is 9.36. The molecule has 0 saturated carbocycles. The lowest BCUT2D eigenvalue weighted by molar-refractivity contribution is -0.120. The van der Waals surface area contributed by atoms with Crippen LogP contribution in [0.1, 0.15) is 6.92 Å². The lowest BCUT2D eigenvalue weighted by Crippen LogP contribution is -2.55. The Balaban J connectivity index is 1.94. The molecule has 1 saturated heterocycles. The zero-order valence-electron chi connectivity index (χ0n) is 14.4. The number of carbonyl (C=O) groups excluding carboxylic acids is 1. The van der Waals surface area contributed by atoms with Gasteiger partial charge in [-0.25, -0.2) is 0 Å². The molecule has 1 N–H and O–H groups in total. The summed E-state index contributed by atoms with van der Waals surface area (Å²) in [6.07, 6.45) is 5.49. The van der Waals surface area contributed by atoms with Gasteiger partial charge in [0.2, 0.25) is 5.91 Å². The molecule has 0 bridgehead atoms. The van der Waals surface area contributed by atoms with Gasteiger partial charge in [0, 0.05) is 44.4 Å². The highest BCUT2D eigenvalue weighted by atomic mass is 32.2. The van der Waals surface area contributed by atoms with Crippen molar-refractivity contribution in [3.8, 4) is 0 Å². The van der Waals surface area contributed by atoms with Crippen LogP contribution >= 0.6 is 11.8 Å². The van der Waals surface area contributed by atoms with Crippen LogP contribution in [0.2, 0.25) is 0 Å². The molecule has 8 heteroatoms. The van der Waals surface area contributed by atoms with Crippen molar-refractivity contribution in [2.45, 2.75) is 6.92 Å². The minimum Gasteiger partial charge on any atom is -0.357 e. The van der Waals surface area contributed by atoms with Crippen LogP contribution in [0.15, 0.2) is 30.0 Å². The molecule has 1 fully saturated rings. The van der Waals surface area contributed by atoms with E-state index >= 15 is 0 Å². The number of aryl methyl sites for hydroxylation is 1. The zero-order valence-corrected chi connectivity index (χ0v) is 15.3. The van der Waals surface area contributed by atoms with Crippen LogP contribution in [-0.2, 0) is 11.8 Å². The number of hydrogen-bond acceptors (Lipinski definition) is 4. The third-order valence-corrected chi connectivity index (χ3v) is 4.53. The smallest absolute Gasteiger partial charge is 0.246 e. The maximum Gasteiger partial charge on any atom is 0.246 e. The number of thioether (sulfide) groups is 1. The van der Waals surface area contributed by atoms with Crippen molar-refractivity contribution in [2.75, 3.05) is 49.1 Å². The van der Waals surface area contributed by atoms with Gasteiger partial charge in [-0.3, -0.25) is 14.5 Å². The number of guanidine groups is 1. The number of aliphatic imine (C=N–C) groups is 1. The first-order valence-corrected chi connectivity index (χ1v) is 9.32. The van der Waals surface area contributed by atoms with Gasteiger partial charge in [-0.1, -0.05) is 6.08 Å². The molecule has 2 heterocycles. The number of nitrogens with one attached hydrogen (secondary N) is 1. The Morgan fingerprint density at radius 3 is 3.00 bits per heavy atom. The molecule has 1 aromatic rings. The molecule has 1 aliphatic heterocycles. The normalized spacial score (nSPS) is 15.8. The maximum atomic E-state index is 12.5. The number of aromatic nitrogens is 2. The first kappa shape index (κ1) is 18.4. The van der Waals surface area contributed by atoms with Crippen molar-refractivity contribution in [2.24, 2.45) is 12.0 Å². The minimum atomic E-state index is 0.0703. The van der Waals surface area contributed by atoms with E-state index < -0.39 is 0 Å². The molecule has 7 nitrogen and oxygen atoms in total. The molecule has 0 unspecified atom stereocenters. The fraction of sp³-hybridized carbons (Fsp3) is 0.562. The number of carbonyl (C=O) groups is 1. The highest BCUT2D eigenvalue weighted by Gasteiger charge is 2.27. The molecular formula is C16H26N6OS. The van der Waals surface area contributed by atoms with Crippen LogP contribution in [0.4, 0.5) is 5.69 Å². The highest BCUT2D eigenvalue weighted by molar-refractivity contribution is 7.99. The molecule has 1 aromatic heterocycles. The van der Waals surface area contributed by atoms with Crippen molar-refractivity contribution < 1.29 is 4.79 Å². The van der Waals surface area contributed by atoms with Crippen LogP contribution in [-0.4, -0.2) is 70.8 Å². The van der Waals surface area contributed by atoms with Crippen molar-refractivity contribution in [1.29, 1.82) is 0 Å². The Morgan fingerprint density at radius 1 is 1.54 bits per heavy atom. The Bertz CT molecular complexity index is 585. The maximum absolute atomic E-state index is 12.5. The van der Waals surface area contributed by atoms with Crippen molar-refractivity contribution in [3.63, 3.8) is 0 Å². The predicted octanol–water partition coefficient (Wildman–Crippen LogP) is 0.953. The highest BCUT2D eigenvalue weighted by Crippen LogP contribution is 2.16. The van der Waals surface area contributed by atoms with E-state index in [1.54, 1.807) is 27.5 Å². The molecule has 0 atom stereocenters. The number of hydrogen-bond donors (Lipinski definition) is 1. The monoisotopic (exact) mass is 350 g/mol. The van der Waals surface area contributed by atoms with Crippen molar-refractivity contribution >= 4 is 29.3 Å². The van der Waals surface area contributed by atoms with E-state index in [9.17, 15) is 4.79 Å². The van der Waals surface area contributed by atoms with E-state index in [1.165, 1.54) is 0 Å². The average Bonchev–Trinajstić information content (AvgIpc) is 2.99. The Morgan fingerprint density at radius 2 is 2.38 bits per heavy atom. The lowest BCUT2D eigenvalue weighted by atomic mass is 10.3. The summed E-state index contributed by atoms with van der Waals surface area (Å²) >= 11 is 1.80. The van der Waals surface area contributed by atoms with Crippen LogP contribution in [0.5, 0.6) is 0 Å². The summed E-state index contributed by atoms with van der Waals surface area (Å²) in [5.74, 6) is 2.77. The van der Waals surface area contributed by atoms with E-state index in [0.29, 0.717) is 13.1 Å². The van der Waals surface area contributed by atoms with Gasteiger partial charge in [-0.2, -0.15) is 16.9 Å². The fourth-order valence-electron chi connectivity index (χ4n) is 2.48. The zero-order chi connectivity index (χ0) is 17.4. The van der Waals surface area contributed by atoms with Gasteiger partial charge in [0.05, 0.1) is 18.4 Å². The summed E-state index contributed by atoms with van der Waals surface area (Å²) in [6.45, 7) is 9.00. The third-order valence-electron chi connectivity index (χ3n) is 3.59. The van der Waals surface area contributed by atoms with E-state index in [4.69, 9.17) is 0 Å². The third kappa shape index (κ3) is 5.02. The fourth-order valence-corrected chi connectivity index (χ4v) is 3.04. The molecular weight excluding hydrogens is 324 g/mol. The summed E-state index contributed by atoms with van der Waals surface area (Å²) < 4.78 is 1.71. The summed E-state index contributed by atoms with van der Waals surface area (Å²) in [5.41, 5.74) is 0.852. The molecule has 0 aliphatic carbocycles. The predicted molar refractivity (Wildman–Crippen MR) is 101 cm³/mol. The molecule has 0 spiro atoms. The van der Waals surface area contributed by atoms with Gasteiger partial charge < -0.3 is 15.1 Å². The van der Waals surface area contributed by atoms with E-state index in [0.717, 1.165) is 42.8 Å². The van der Waals surface area contributed by atoms with Crippen LogP contribution < -0.4 is 10.2 Å². The summed E-state index contributed by atoms with van der Waals surface area (Å²) in [5, 5.41) is 7.42. The SMILES string of the molecule is C=CCSCCN=C(NCC)N1CCN(c2cnn(C)c2)C(=O)C1. The van der Waals surface area contributed by atoms with Gasteiger partial charge in [0.1, 0.15) is 6.54 Å². The lowest BCUT2D eigenvalue weighted by Gasteiger charge is -2.35. The first-order valence-electron chi connectivity index (χ1n) is 8.16. The summed E-state index contributed by atoms with van der Waals surface area (Å²) in [6, 6.07) is 0. The Hall–Kier alpha value is -1.96. The van der Waals surface area contributed by atoms with Gasteiger partial charge >= 0.3 is 0 Å². The van der Waals surface area contributed by atoms with Gasteiger partial charge in [-0.05, 0) is 6.92 Å². The van der Waals surface area contributed by atoms with Crippen LogP contribution in [0, 0.1) is 0 Å². The van der Waals surface area contributed by atoms with Crippen LogP contribution in [0.3, 0.4) is 0 Å². The minimum absolute atomic E-state index is 0.0703. The topological polar surface area (TPSA) is 65.8 Å². The number of rotatable bonds is 7. The van der Waals surface area contributed by atoms with Crippen LogP contribution in [0.25, 0.3) is 0 Å². The van der Waals surface area contributed by atoms with E-state index in [1.807, 2.05) is 31.1 Å². The molecule has 0 aromatic carbocycles. The van der Waals surface area contributed by atoms with E-state index in [-0.39, 0.29) is 5.91 Å². The first-order chi connectivity index (χ1) is 11.7. The molecule has 1 aliphatic rings. The Kier molecular flexibility index (Phi) is 7.17.